The van der Waals surface area contributed by atoms with Crippen LogP contribution < -0.4 is 10.1 Å². The van der Waals surface area contributed by atoms with Gasteiger partial charge in [0.05, 0.1) is 0 Å². The minimum atomic E-state index is -1.03. The summed E-state index contributed by atoms with van der Waals surface area (Å²) in [5, 5.41) is 12.2. The minimum Gasteiger partial charge on any atom is -0.489 e. The molecule has 1 heterocycles. The van der Waals surface area contributed by atoms with E-state index in [-0.39, 0.29) is 11.9 Å². The molecule has 0 saturated heterocycles. The molecule has 5 nitrogen and oxygen atoms in total. The quantitative estimate of drug-likeness (QED) is 0.711. The number of carbonyl (C=O) groups is 1. The third kappa shape index (κ3) is 4.29. The average Bonchev–Trinajstić information content (AvgIpc) is 2.96. The van der Waals surface area contributed by atoms with Gasteiger partial charge in [-0.2, -0.15) is 0 Å². The molecule has 0 unspecified atom stereocenters. The van der Waals surface area contributed by atoms with E-state index < -0.39 is 6.09 Å². The highest BCUT2D eigenvalue weighted by atomic mass is 19.1. The molecule has 3 aromatic rings. The van der Waals surface area contributed by atoms with E-state index in [0.717, 1.165) is 22.2 Å². The molecule has 1 amide bonds. The zero-order valence-corrected chi connectivity index (χ0v) is 13.8. The summed E-state index contributed by atoms with van der Waals surface area (Å²) in [5.41, 5.74) is 1.90. The maximum absolute atomic E-state index is 12.9. The topological polar surface area (TPSA) is 63.5 Å². The minimum absolute atomic E-state index is 0.192. The molecular formula is C19H19FN2O3. The lowest BCUT2D eigenvalue weighted by Gasteiger charge is -2.13. The third-order valence-corrected chi connectivity index (χ3v) is 3.90. The van der Waals surface area contributed by atoms with Crippen LogP contribution in [0.4, 0.5) is 9.18 Å². The molecule has 6 heteroatoms. The normalized spacial score (nSPS) is 12.1. The molecule has 1 atom stereocenters. The first kappa shape index (κ1) is 16.8. The van der Waals surface area contributed by atoms with E-state index >= 15 is 0 Å². The van der Waals surface area contributed by atoms with Gasteiger partial charge in [0.25, 0.3) is 0 Å². The Hall–Kier alpha value is -3.02. The van der Waals surface area contributed by atoms with Gasteiger partial charge in [0.2, 0.25) is 0 Å². The molecule has 0 bridgehead atoms. The van der Waals surface area contributed by atoms with Gasteiger partial charge in [-0.05, 0) is 48.9 Å². The fourth-order valence-electron chi connectivity index (χ4n) is 2.73. The van der Waals surface area contributed by atoms with Crippen LogP contribution in [0.2, 0.25) is 0 Å². The molecule has 130 valence electrons. The van der Waals surface area contributed by atoms with Gasteiger partial charge in [-0.1, -0.05) is 12.1 Å². The number of nitrogens with one attached hydrogen (secondary N) is 1. The van der Waals surface area contributed by atoms with Crippen LogP contribution in [0, 0.1) is 5.82 Å². The van der Waals surface area contributed by atoms with E-state index in [1.54, 1.807) is 12.1 Å². The largest absolute Gasteiger partial charge is 0.489 e. The maximum Gasteiger partial charge on any atom is 0.404 e. The van der Waals surface area contributed by atoms with E-state index in [0.29, 0.717) is 13.2 Å². The van der Waals surface area contributed by atoms with Crippen molar-refractivity contribution in [1.82, 2.24) is 9.88 Å². The molecule has 0 spiro atoms. The van der Waals surface area contributed by atoms with Gasteiger partial charge < -0.3 is 19.7 Å². The predicted octanol–water partition coefficient (Wildman–Crippen LogP) is 4.02. The molecule has 0 aliphatic heterocycles. The van der Waals surface area contributed by atoms with Crippen LogP contribution in [0.25, 0.3) is 10.9 Å². The van der Waals surface area contributed by atoms with Crippen LogP contribution >= 0.6 is 0 Å². The zero-order valence-electron chi connectivity index (χ0n) is 13.8. The lowest BCUT2D eigenvalue weighted by atomic mass is 10.2. The van der Waals surface area contributed by atoms with Gasteiger partial charge in [-0.15, -0.1) is 0 Å². The summed E-state index contributed by atoms with van der Waals surface area (Å²) < 4.78 is 20.7. The SMILES string of the molecule is C[C@H](Cn1ccc2cc(OCc3ccc(F)cc3)ccc21)NC(=O)O. The van der Waals surface area contributed by atoms with E-state index in [1.807, 2.05) is 42.0 Å². The van der Waals surface area contributed by atoms with Crippen molar-refractivity contribution in [3.8, 4) is 5.75 Å². The van der Waals surface area contributed by atoms with Crippen molar-refractivity contribution in [2.75, 3.05) is 0 Å². The molecular weight excluding hydrogens is 323 g/mol. The Kier molecular flexibility index (Phi) is 4.88. The Balaban J connectivity index is 1.68. The number of nitrogens with zero attached hydrogens (tertiary/aromatic N) is 1. The Morgan fingerprint density at radius 1 is 1.24 bits per heavy atom. The summed E-state index contributed by atoms with van der Waals surface area (Å²) in [5.74, 6) is 0.462. The molecule has 0 radical (unpaired) electrons. The van der Waals surface area contributed by atoms with Crippen LogP contribution in [-0.2, 0) is 13.2 Å². The lowest BCUT2D eigenvalue weighted by Crippen LogP contribution is -2.34. The van der Waals surface area contributed by atoms with Gasteiger partial charge in [0, 0.05) is 29.7 Å². The first-order valence-electron chi connectivity index (χ1n) is 7.97. The summed E-state index contributed by atoms with van der Waals surface area (Å²) >= 11 is 0. The number of halogens is 1. The number of carboxylic acid groups (broad SMARTS) is 1. The third-order valence-electron chi connectivity index (χ3n) is 3.90. The van der Waals surface area contributed by atoms with Crippen molar-refractivity contribution < 1.29 is 19.0 Å². The van der Waals surface area contributed by atoms with E-state index in [1.165, 1.54) is 12.1 Å². The van der Waals surface area contributed by atoms with E-state index in [9.17, 15) is 9.18 Å². The standard InChI is InChI=1S/C19H19FN2O3/c1-13(21-19(23)24)11-22-9-8-15-10-17(6-7-18(15)22)25-12-14-2-4-16(20)5-3-14/h2-10,13,21H,11-12H2,1H3,(H,23,24)/t13-/m1/s1. The van der Waals surface area contributed by atoms with Gasteiger partial charge >= 0.3 is 6.09 Å². The van der Waals surface area contributed by atoms with Gasteiger partial charge in [-0.3, -0.25) is 0 Å². The summed E-state index contributed by atoms with van der Waals surface area (Å²) in [7, 11) is 0. The summed E-state index contributed by atoms with van der Waals surface area (Å²) in [4.78, 5) is 10.7. The smallest absolute Gasteiger partial charge is 0.404 e. The molecule has 2 N–H and O–H groups in total. The Bertz CT molecular complexity index is 874. The molecule has 2 aromatic carbocycles. The van der Waals surface area contributed by atoms with Crippen LogP contribution in [0.1, 0.15) is 12.5 Å². The highest BCUT2D eigenvalue weighted by Gasteiger charge is 2.09. The van der Waals surface area contributed by atoms with E-state index in [4.69, 9.17) is 9.84 Å². The fourth-order valence-corrected chi connectivity index (χ4v) is 2.73. The summed E-state index contributed by atoms with van der Waals surface area (Å²) in [6.45, 7) is 2.73. The second-order valence-corrected chi connectivity index (χ2v) is 5.95. The number of benzene rings is 2. The summed E-state index contributed by atoms with van der Waals surface area (Å²) in [6.07, 6.45) is 0.898. The monoisotopic (exact) mass is 342 g/mol. The fraction of sp³-hybridized carbons (Fsp3) is 0.211. The molecule has 0 fully saturated rings. The van der Waals surface area contributed by atoms with Crippen molar-refractivity contribution in [1.29, 1.82) is 0 Å². The van der Waals surface area contributed by atoms with Crippen molar-refractivity contribution >= 4 is 17.0 Å². The molecule has 0 aliphatic rings. The second kappa shape index (κ2) is 7.25. The average molecular weight is 342 g/mol. The van der Waals surface area contributed by atoms with Gasteiger partial charge in [0.15, 0.2) is 0 Å². The van der Waals surface area contributed by atoms with Crippen molar-refractivity contribution in [3.05, 3.63) is 66.1 Å². The van der Waals surface area contributed by atoms with Crippen molar-refractivity contribution in [2.24, 2.45) is 0 Å². The Morgan fingerprint density at radius 2 is 2.00 bits per heavy atom. The van der Waals surface area contributed by atoms with Crippen LogP contribution in [0.15, 0.2) is 54.7 Å². The first-order valence-corrected chi connectivity index (χ1v) is 7.97. The second-order valence-electron chi connectivity index (χ2n) is 5.95. The van der Waals surface area contributed by atoms with Gasteiger partial charge in [0.1, 0.15) is 18.2 Å². The lowest BCUT2D eigenvalue weighted by molar-refractivity contribution is 0.189. The van der Waals surface area contributed by atoms with Crippen molar-refractivity contribution in [3.63, 3.8) is 0 Å². The van der Waals surface area contributed by atoms with Crippen LogP contribution in [0.3, 0.4) is 0 Å². The number of hydrogen-bond donors (Lipinski definition) is 2. The van der Waals surface area contributed by atoms with Crippen LogP contribution in [-0.4, -0.2) is 21.8 Å². The maximum atomic E-state index is 12.9. The summed E-state index contributed by atoms with van der Waals surface area (Å²) in [6, 6.07) is 13.7. The van der Waals surface area contributed by atoms with Crippen molar-refractivity contribution in [2.45, 2.75) is 26.1 Å². The van der Waals surface area contributed by atoms with E-state index in [2.05, 4.69) is 5.32 Å². The molecule has 0 saturated carbocycles. The first-order chi connectivity index (χ1) is 12.0. The number of rotatable bonds is 6. The molecule has 25 heavy (non-hydrogen) atoms. The Labute approximate surface area is 144 Å². The molecule has 3 rings (SSSR count). The highest BCUT2D eigenvalue weighted by molar-refractivity contribution is 5.81. The molecule has 1 aromatic heterocycles. The number of fused-ring (bicyclic) bond motifs is 1. The zero-order chi connectivity index (χ0) is 17.8. The Morgan fingerprint density at radius 3 is 2.72 bits per heavy atom. The highest BCUT2D eigenvalue weighted by Crippen LogP contribution is 2.23. The van der Waals surface area contributed by atoms with Gasteiger partial charge in [-0.25, -0.2) is 9.18 Å². The predicted molar refractivity (Wildman–Crippen MR) is 93.3 cm³/mol. The molecule has 0 aliphatic carbocycles. The number of aromatic nitrogens is 1. The number of hydrogen-bond acceptors (Lipinski definition) is 2. The van der Waals surface area contributed by atoms with Crippen LogP contribution in [0.5, 0.6) is 5.75 Å². The number of amides is 1. The number of ether oxygens (including phenoxy) is 1.